The molecule has 17 heavy (non-hydrogen) atoms. The molecule has 0 amide bonds. The summed E-state index contributed by atoms with van der Waals surface area (Å²) in [6.45, 7) is 4.00. The topological polar surface area (TPSA) is 0 Å². The summed E-state index contributed by atoms with van der Waals surface area (Å²) >= 11 is 0. The molecule has 2 aromatic rings. The van der Waals surface area contributed by atoms with Gasteiger partial charge in [-0.25, -0.2) is 0 Å². The smallest absolute Gasteiger partial charge is 0.0623 e. The van der Waals surface area contributed by atoms with Crippen LogP contribution in [-0.2, 0) is 40.8 Å². The predicted octanol–water partition coefficient (Wildman–Crippen LogP) is 4.06. The molecule has 0 saturated heterocycles. The molecule has 2 radical (unpaired) electrons. The Morgan fingerprint density at radius 1 is 0.412 bits per heavy atom. The van der Waals surface area contributed by atoms with Gasteiger partial charge in [0.25, 0.3) is 0 Å². The van der Waals surface area contributed by atoms with Crippen molar-refractivity contribution in [1.29, 1.82) is 0 Å². The molecule has 0 spiro atoms. The van der Waals surface area contributed by atoms with Gasteiger partial charge < -0.3 is 6.42 Å². The van der Waals surface area contributed by atoms with Gasteiger partial charge in [0, 0.05) is 0 Å². The Morgan fingerprint density at radius 3 is 0.529 bits per heavy atom. The van der Waals surface area contributed by atoms with E-state index < -0.39 is 0 Å². The van der Waals surface area contributed by atoms with Gasteiger partial charge in [-0.15, -0.1) is 0 Å². The fraction of sp³-hybridized carbons (Fsp3) is 0.133. The van der Waals surface area contributed by atoms with E-state index in [0.29, 0.717) is 0 Å². The van der Waals surface area contributed by atoms with Crippen LogP contribution < -0.4 is 0 Å². The van der Waals surface area contributed by atoms with Gasteiger partial charge in [0.2, 0.25) is 0 Å². The minimum atomic E-state index is 0. The summed E-state index contributed by atoms with van der Waals surface area (Å²) in [6, 6.07) is 24.0. The Balaban J connectivity index is -0.000000173. The summed E-state index contributed by atoms with van der Waals surface area (Å²) < 4.78 is 0. The molecule has 2 rings (SSSR count). The monoisotopic (exact) mass is 575 g/mol. The number of rotatable bonds is 0. The molecule has 0 fully saturated rings. The third kappa shape index (κ3) is 21.6. The molecule has 2 aromatic carbocycles. The van der Waals surface area contributed by atoms with Crippen molar-refractivity contribution >= 4 is 0 Å². The Bertz CT molecular complexity index is 197. The molecular formula is C15H21Re2-. The molecule has 2 heteroatoms. The van der Waals surface area contributed by atoms with Crippen LogP contribution in [0.15, 0.2) is 72.8 Å². The van der Waals surface area contributed by atoms with E-state index in [1.807, 2.05) is 93.1 Å². The van der Waals surface area contributed by atoms with Gasteiger partial charge in [-0.2, -0.15) is 13.8 Å². The maximum atomic E-state index is 2.00. The Hall–Kier alpha value is -0.235. The Labute approximate surface area is 133 Å². The average Bonchev–Trinajstić information content (AvgIpc) is 2.35. The van der Waals surface area contributed by atoms with Gasteiger partial charge in [0.1, 0.15) is 0 Å². The van der Waals surface area contributed by atoms with E-state index in [1.54, 1.807) is 0 Å². The summed E-state index contributed by atoms with van der Waals surface area (Å²) in [4.78, 5) is 0. The first kappa shape index (κ1) is 22.0. The maximum Gasteiger partial charge on any atom is -0.0623 e. The summed E-state index contributed by atoms with van der Waals surface area (Å²) in [5.41, 5.74) is 0. The van der Waals surface area contributed by atoms with Crippen LogP contribution in [0.25, 0.3) is 0 Å². The second-order valence-electron chi connectivity index (χ2n) is 2.89. The van der Waals surface area contributed by atoms with Crippen LogP contribution in [0.5, 0.6) is 0 Å². The first-order chi connectivity index (χ1) is 7.41. The zero-order valence-electron chi connectivity index (χ0n) is 10.3. The van der Waals surface area contributed by atoms with Crippen molar-refractivity contribution in [2.75, 3.05) is 0 Å². The SMILES string of the molecule is C[CH-]C.[ReH].[ReH].c1ccccc1.c1ccccc1. The summed E-state index contributed by atoms with van der Waals surface area (Å²) in [7, 11) is 0. The van der Waals surface area contributed by atoms with Gasteiger partial charge in [-0.1, -0.05) is 72.8 Å². The van der Waals surface area contributed by atoms with Crippen molar-refractivity contribution in [2.45, 2.75) is 13.8 Å². The van der Waals surface area contributed by atoms with Gasteiger partial charge in [0.05, 0.1) is 0 Å². The molecule has 0 unspecified atom stereocenters. The number of hydrogen-bond acceptors (Lipinski definition) is 0. The normalized spacial score (nSPS) is 6.71. The second kappa shape index (κ2) is 21.1. The van der Waals surface area contributed by atoms with Crippen LogP contribution in [0.1, 0.15) is 13.8 Å². The molecule has 0 aromatic heterocycles. The minimum Gasteiger partial charge on any atom is -0.0623 e. The van der Waals surface area contributed by atoms with E-state index in [-0.39, 0.29) is 40.8 Å². The molecule has 0 nitrogen and oxygen atoms in total. The van der Waals surface area contributed by atoms with Crippen LogP contribution in [0.4, 0.5) is 0 Å². The summed E-state index contributed by atoms with van der Waals surface area (Å²) in [5.74, 6) is 0. The van der Waals surface area contributed by atoms with Gasteiger partial charge in [0.15, 0.2) is 0 Å². The van der Waals surface area contributed by atoms with Crippen molar-refractivity contribution in [3.05, 3.63) is 79.2 Å². The van der Waals surface area contributed by atoms with E-state index >= 15 is 0 Å². The third-order valence-corrected chi connectivity index (χ3v) is 1.33. The van der Waals surface area contributed by atoms with Gasteiger partial charge in [-0.05, 0) is 0 Å². The van der Waals surface area contributed by atoms with Crippen LogP contribution in [0, 0.1) is 6.42 Å². The van der Waals surface area contributed by atoms with E-state index in [4.69, 9.17) is 0 Å². The molecule has 0 bridgehead atoms. The molecule has 96 valence electrons. The first-order valence-corrected chi connectivity index (χ1v) is 5.15. The molecular weight excluding hydrogens is 553 g/mol. The van der Waals surface area contributed by atoms with Crippen molar-refractivity contribution in [2.24, 2.45) is 0 Å². The molecule has 0 N–H and O–H groups in total. The fourth-order valence-electron chi connectivity index (χ4n) is 0.770. The largest absolute Gasteiger partial charge is 0.0623 e. The van der Waals surface area contributed by atoms with E-state index in [9.17, 15) is 0 Å². The van der Waals surface area contributed by atoms with Crippen LogP contribution in [0.3, 0.4) is 0 Å². The Morgan fingerprint density at radius 2 is 0.471 bits per heavy atom. The van der Waals surface area contributed by atoms with Crippen molar-refractivity contribution in [1.82, 2.24) is 0 Å². The van der Waals surface area contributed by atoms with Gasteiger partial charge in [-0.3, -0.25) is 0 Å². The molecule has 0 heterocycles. The average molecular weight is 574 g/mol. The van der Waals surface area contributed by atoms with E-state index in [2.05, 4.69) is 0 Å². The molecule has 0 saturated carbocycles. The first-order valence-electron chi connectivity index (χ1n) is 5.15. The Kier molecular flexibility index (Phi) is 27.3. The molecule has 0 atom stereocenters. The van der Waals surface area contributed by atoms with Gasteiger partial charge >= 0.3 is 40.8 Å². The number of benzene rings is 2. The second-order valence-corrected chi connectivity index (χ2v) is 2.89. The standard InChI is InChI=1S/2C6H6.C3H7.2Re.2H/c2*1-2-4-6-5-3-1;1-3-2;;;;/h2*1-6H;3H,1-2H3;;;;/q;;-1;;;;. The van der Waals surface area contributed by atoms with E-state index in [0.717, 1.165) is 0 Å². The van der Waals surface area contributed by atoms with Crippen molar-refractivity contribution < 1.29 is 40.8 Å². The third-order valence-electron chi connectivity index (χ3n) is 1.33. The van der Waals surface area contributed by atoms with Crippen molar-refractivity contribution in [3.8, 4) is 0 Å². The van der Waals surface area contributed by atoms with Crippen LogP contribution in [-0.4, -0.2) is 0 Å². The minimum absolute atomic E-state index is 0. The maximum absolute atomic E-state index is 2.00. The molecule has 0 aliphatic carbocycles. The molecule has 0 aliphatic rings. The van der Waals surface area contributed by atoms with E-state index in [1.165, 1.54) is 0 Å². The zero-order chi connectivity index (χ0) is 11.2. The molecule has 0 aliphatic heterocycles. The summed E-state index contributed by atoms with van der Waals surface area (Å²) in [6.07, 6.45) is 2.00. The quantitative estimate of drug-likeness (QED) is 0.417. The van der Waals surface area contributed by atoms with Crippen molar-refractivity contribution in [3.63, 3.8) is 0 Å². The summed E-state index contributed by atoms with van der Waals surface area (Å²) in [5, 5.41) is 0. The number of hydrogen-bond donors (Lipinski definition) is 0. The fourth-order valence-corrected chi connectivity index (χ4v) is 0.770. The van der Waals surface area contributed by atoms with Crippen LogP contribution >= 0.6 is 0 Å². The van der Waals surface area contributed by atoms with Crippen LogP contribution in [0.2, 0.25) is 0 Å². The zero-order valence-corrected chi connectivity index (χ0v) is 16.2. The predicted molar refractivity (Wildman–Crippen MR) is 71.3 cm³/mol.